The monoisotopic (exact) mass is 170 g/mol. The molecule has 1 aliphatic rings. The molecule has 0 aromatic carbocycles. The van der Waals surface area contributed by atoms with Crippen LogP contribution in [0.5, 0.6) is 0 Å². The molecule has 0 spiro atoms. The first-order chi connectivity index (χ1) is 4.97. The van der Waals surface area contributed by atoms with Crippen LogP contribution >= 0.6 is 0 Å². The minimum absolute atomic E-state index is 0.0131. The fraction of sp³-hybridized carbons (Fsp3) is 0.800. The average Bonchev–Trinajstić information content (AvgIpc) is 2.10. The molecule has 1 atom stereocenters. The Kier molecular flexibility index (Phi) is 2.03. The van der Waals surface area contributed by atoms with Crippen molar-refractivity contribution in [1.82, 2.24) is 0 Å². The van der Waals surface area contributed by atoms with Gasteiger partial charge in [-0.2, -0.15) is 0 Å². The van der Waals surface area contributed by atoms with E-state index in [1.165, 1.54) is 0 Å². The van der Waals surface area contributed by atoms with E-state index >= 15 is 0 Å². The summed E-state index contributed by atoms with van der Waals surface area (Å²) in [6, 6.07) is 0. The maximum Gasteiger partial charge on any atom is 0.525 e. The van der Waals surface area contributed by atoms with Gasteiger partial charge in [0.05, 0.1) is 6.42 Å². The van der Waals surface area contributed by atoms with Crippen molar-refractivity contribution in [2.75, 3.05) is 0 Å². The number of carbonyl (C=O) groups excluding carboxylic acids is 1. The molecule has 0 radical (unpaired) electrons. The first kappa shape index (κ1) is 8.32. The average molecular weight is 170 g/mol. The van der Waals surface area contributed by atoms with Gasteiger partial charge < -0.3 is 4.74 Å². The Morgan fingerprint density at radius 2 is 2.18 bits per heavy atom. The van der Waals surface area contributed by atoms with Gasteiger partial charge >= 0.3 is 12.3 Å². The van der Waals surface area contributed by atoms with Gasteiger partial charge in [0, 0.05) is 6.42 Å². The lowest BCUT2D eigenvalue weighted by Crippen LogP contribution is -2.23. The molecule has 1 rings (SSSR count). The van der Waals surface area contributed by atoms with E-state index in [1.807, 2.05) is 0 Å². The summed E-state index contributed by atoms with van der Waals surface area (Å²) >= 11 is 0. The fourth-order valence-corrected chi connectivity index (χ4v) is 0.732. The highest BCUT2D eigenvalue weighted by Gasteiger charge is 2.37. The van der Waals surface area contributed by atoms with Gasteiger partial charge in [0.25, 0.3) is 0 Å². The molecule has 3 nitrogen and oxygen atoms in total. The van der Waals surface area contributed by atoms with Gasteiger partial charge in [-0.25, -0.2) is 0 Å². The van der Waals surface area contributed by atoms with Crippen molar-refractivity contribution in [3.8, 4) is 0 Å². The SMILES string of the molecule is O=C1CCC(OC(F)(F)F)O1. The largest absolute Gasteiger partial charge is 0.525 e. The Balaban J connectivity index is 2.34. The molecule has 1 aliphatic heterocycles. The first-order valence-electron chi connectivity index (χ1n) is 2.91. The normalized spacial score (nSPS) is 25.4. The lowest BCUT2D eigenvalue weighted by molar-refractivity contribution is -0.368. The van der Waals surface area contributed by atoms with Gasteiger partial charge in [0.1, 0.15) is 0 Å². The van der Waals surface area contributed by atoms with Gasteiger partial charge in [-0.3, -0.25) is 9.53 Å². The van der Waals surface area contributed by atoms with Gasteiger partial charge in [0.15, 0.2) is 0 Å². The van der Waals surface area contributed by atoms with Crippen molar-refractivity contribution in [1.29, 1.82) is 0 Å². The van der Waals surface area contributed by atoms with Gasteiger partial charge in [0.2, 0.25) is 6.29 Å². The van der Waals surface area contributed by atoms with E-state index in [2.05, 4.69) is 9.47 Å². The highest BCUT2D eigenvalue weighted by molar-refractivity contribution is 5.71. The number of halogens is 3. The molecule has 6 heteroatoms. The second-order valence-electron chi connectivity index (χ2n) is 2.02. The first-order valence-corrected chi connectivity index (χ1v) is 2.91. The third kappa shape index (κ3) is 2.75. The van der Waals surface area contributed by atoms with Gasteiger partial charge in [-0.05, 0) is 0 Å². The maximum atomic E-state index is 11.4. The lowest BCUT2D eigenvalue weighted by Gasteiger charge is -2.11. The molecule has 0 aromatic rings. The molecule has 0 aromatic heterocycles. The highest BCUT2D eigenvalue weighted by Crippen LogP contribution is 2.24. The standard InChI is InChI=1S/C5H5F3O3/c6-5(7,8)11-4-2-1-3(9)10-4/h4H,1-2H2. The van der Waals surface area contributed by atoms with E-state index in [-0.39, 0.29) is 12.8 Å². The van der Waals surface area contributed by atoms with E-state index in [0.29, 0.717) is 0 Å². The Bertz CT molecular complexity index is 165. The van der Waals surface area contributed by atoms with E-state index in [0.717, 1.165) is 0 Å². The zero-order valence-electron chi connectivity index (χ0n) is 5.35. The summed E-state index contributed by atoms with van der Waals surface area (Å²) in [6.07, 6.45) is -6.21. The summed E-state index contributed by atoms with van der Waals surface area (Å²) in [6.45, 7) is 0. The summed E-state index contributed by atoms with van der Waals surface area (Å²) in [5, 5.41) is 0. The number of ether oxygens (including phenoxy) is 2. The van der Waals surface area contributed by atoms with Crippen LogP contribution in [0.4, 0.5) is 13.2 Å². The van der Waals surface area contributed by atoms with Crippen LogP contribution in [0.3, 0.4) is 0 Å². The third-order valence-corrected chi connectivity index (χ3v) is 1.11. The Hall–Kier alpha value is -0.780. The number of cyclic esters (lactones) is 1. The van der Waals surface area contributed by atoms with Crippen LogP contribution < -0.4 is 0 Å². The zero-order chi connectivity index (χ0) is 8.48. The molecule has 1 fully saturated rings. The molecule has 1 heterocycles. The predicted molar refractivity (Wildman–Crippen MR) is 26.3 cm³/mol. The van der Waals surface area contributed by atoms with Crippen LogP contribution in [-0.4, -0.2) is 18.6 Å². The Labute approximate surface area is 60.1 Å². The maximum absolute atomic E-state index is 11.4. The quantitative estimate of drug-likeness (QED) is 0.554. The molecule has 0 N–H and O–H groups in total. The molecule has 0 aliphatic carbocycles. The molecular weight excluding hydrogens is 165 g/mol. The van der Waals surface area contributed by atoms with Crippen molar-refractivity contribution >= 4 is 5.97 Å². The number of esters is 1. The topological polar surface area (TPSA) is 35.5 Å². The molecule has 1 saturated heterocycles. The van der Waals surface area contributed by atoms with E-state index in [1.54, 1.807) is 0 Å². The molecule has 0 amide bonds. The highest BCUT2D eigenvalue weighted by atomic mass is 19.4. The van der Waals surface area contributed by atoms with Crippen molar-refractivity contribution in [2.45, 2.75) is 25.5 Å². The fourth-order valence-electron chi connectivity index (χ4n) is 0.732. The molecular formula is C5H5F3O3. The summed E-state index contributed by atoms with van der Waals surface area (Å²) in [5.74, 6) is -0.653. The van der Waals surface area contributed by atoms with Crippen molar-refractivity contribution < 1.29 is 27.4 Å². The minimum Gasteiger partial charge on any atom is -0.435 e. The van der Waals surface area contributed by atoms with Gasteiger partial charge in [-0.1, -0.05) is 0 Å². The molecule has 11 heavy (non-hydrogen) atoms. The van der Waals surface area contributed by atoms with Crippen LogP contribution in [0.25, 0.3) is 0 Å². The van der Waals surface area contributed by atoms with E-state index < -0.39 is 18.6 Å². The number of hydrogen-bond acceptors (Lipinski definition) is 3. The summed E-state index contributed by atoms with van der Waals surface area (Å²) in [7, 11) is 0. The van der Waals surface area contributed by atoms with E-state index in [4.69, 9.17) is 0 Å². The zero-order valence-corrected chi connectivity index (χ0v) is 5.35. The predicted octanol–water partition coefficient (Wildman–Crippen LogP) is 1.19. The lowest BCUT2D eigenvalue weighted by atomic mass is 10.3. The Morgan fingerprint density at radius 1 is 1.55 bits per heavy atom. The number of alkyl halides is 3. The van der Waals surface area contributed by atoms with E-state index in [9.17, 15) is 18.0 Å². The number of carbonyl (C=O) groups is 1. The summed E-state index contributed by atoms with van der Waals surface area (Å²) in [4.78, 5) is 10.3. The molecule has 0 bridgehead atoms. The van der Waals surface area contributed by atoms with Gasteiger partial charge in [-0.15, -0.1) is 13.2 Å². The van der Waals surface area contributed by atoms with Crippen molar-refractivity contribution in [3.63, 3.8) is 0 Å². The Morgan fingerprint density at radius 3 is 2.55 bits per heavy atom. The number of rotatable bonds is 1. The summed E-state index contributed by atoms with van der Waals surface area (Å²) < 4.78 is 41.8. The van der Waals surface area contributed by atoms with Crippen LogP contribution in [0.1, 0.15) is 12.8 Å². The second kappa shape index (κ2) is 2.69. The van der Waals surface area contributed by atoms with Crippen LogP contribution in [-0.2, 0) is 14.3 Å². The minimum atomic E-state index is -4.73. The molecule has 0 saturated carbocycles. The molecule has 1 unspecified atom stereocenters. The third-order valence-electron chi connectivity index (χ3n) is 1.11. The van der Waals surface area contributed by atoms with Crippen LogP contribution in [0, 0.1) is 0 Å². The molecule has 64 valence electrons. The van der Waals surface area contributed by atoms with Crippen molar-refractivity contribution in [2.24, 2.45) is 0 Å². The van der Waals surface area contributed by atoms with Crippen LogP contribution in [0.2, 0.25) is 0 Å². The number of hydrogen-bond donors (Lipinski definition) is 0. The summed E-state index contributed by atoms with van der Waals surface area (Å²) in [5.41, 5.74) is 0. The van der Waals surface area contributed by atoms with Crippen molar-refractivity contribution in [3.05, 3.63) is 0 Å². The second-order valence-corrected chi connectivity index (χ2v) is 2.02. The smallest absolute Gasteiger partial charge is 0.435 e. The van der Waals surface area contributed by atoms with Crippen LogP contribution in [0.15, 0.2) is 0 Å².